The number of phenolic OH excluding ortho intramolecular Hbond substituents is 4. The van der Waals surface area contributed by atoms with E-state index in [1.165, 1.54) is 9.80 Å². The van der Waals surface area contributed by atoms with E-state index in [1.807, 2.05) is 85.8 Å². The van der Waals surface area contributed by atoms with E-state index in [0.29, 0.717) is 33.6 Å². The number of fused-ring (bicyclic) bond motifs is 2. The van der Waals surface area contributed by atoms with Gasteiger partial charge >= 0.3 is 0 Å². The average Bonchev–Trinajstić information content (AvgIpc) is 3.75. The molecule has 2 heterocycles. The maximum Gasteiger partial charge on any atom is 0.266 e. The van der Waals surface area contributed by atoms with Crippen LogP contribution in [0.25, 0.3) is 0 Å². The molecule has 8 aromatic rings. The van der Waals surface area contributed by atoms with Gasteiger partial charge in [-0.05, 0) is 144 Å². The first-order valence-corrected chi connectivity index (χ1v) is 21.1. The summed E-state index contributed by atoms with van der Waals surface area (Å²) in [5, 5.41) is 39.2. The number of anilines is 2. The smallest absolute Gasteiger partial charge is 0.266 e. The highest BCUT2D eigenvalue weighted by Crippen LogP contribution is 2.43. The summed E-state index contributed by atoms with van der Waals surface area (Å²) in [6, 6.07) is 56.3. The van der Waals surface area contributed by atoms with E-state index in [9.17, 15) is 39.6 Å². The number of carbonyl (C=O) groups is 4. The highest BCUT2D eigenvalue weighted by Gasteiger charge is 2.39. The Bertz CT molecular complexity index is 3000. The SMILES string of the molecule is CC(c1ccc(O)cc1)(c1ccc(O)cc1)c1ccc(N2C(=O)c3ccccc3C2=O)cc1.CC(c1ccc(O)cc1)(c1ccc(O)cc1)c1cccc(N2C(=O)c3ccccc3C2=O)c1. The molecule has 0 saturated heterocycles. The van der Waals surface area contributed by atoms with Gasteiger partial charge in [0, 0.05) is 10.8 Å². The number of rotatable bonds is 8. The first-order chi connectivity index (χ1) is 31.8. The minimum atomic E-state index is -0.684. The molecule has 0 aromatic heterocycles. The topological polar surface area (TPSA) is 156 Å². The van der Waals surface area contributed by atoms with Gasteiger partial charge in [0.1, 0.15) is 23.0 Å². The molecule has 0 radical (unpaired) electrons. The van der Waals surface area contributed by atoms with Crippen LogP contribution in [-0.4, -0.2) is 44.1 Å². The minimum Gasteiger partial charge on any atom is -0.508 e. The molecule has 0 unspecified atom stereocenters. The number of hydrogen-bond donors (Lipinski definition) is 4. The first-order valence-electron chi connectivity index (χ1n) is 21.1. The van der Waals surface area contributed by atoms with Crippen LogP contribution in [0.2, 0.25) is 0 Å². The monoisotopic (exact) mass is 870 g/mol. The van der Waals surface area contributed by atoms with Crippen LogP contribution in [0.15, 0.2) is 194 Å². The maximum absolute atomic E-state index is 13.0. The number of benzene rings is 8. The van der Waals surface area contributed by atoms with Gasteiger partial charge in [-0.2, -0.15) is 0 Å². The molecular formula is C56H42N2O8. The fourth-order valence-corrected chi connectivity index (χ4v) is 8.93. The molecule has 8 aromatic carbocycles. The van der Waals surface area contributed by atoms with E-state index in [0.717, 1.165) is 33.4 Å². The normalized spacial score (nSPS) is 13.3. The molecule has 10 rings (SSSR count). The van der Waals surface area contributed by atoms with Crippen molar-refractivity contribution in [3.8, 4) is 23.0 Å². The van der Waals surface area contributed by atoms with Crippen LogP contribution in [0.3, 0.4) is 0 Å². The lowest BCUT2D eigenvalue weighted by Crippen LogP contribution is -2.30. The molecule has 0 saturated carbocycles. The fourth-order valence-electron chi connectivity index (χ4n) is 8.93. The van der Waals surface area contributed by atoms with Gasteiger partial charge in [0.2, 0.25) is 0 Å². The Labute approximate surface area is 380 Å². The van der Waals surface area contributed by atoms with Gasteiger partial charge in [-0.25, -0.2) is 9.80 Å². The first kappa shape index (κ1) is 42.5. The largest absolute Gasteiger partial charge is 0.508 e. The van der Waals surface area contributed by atoms with E-state index in [-0.39, 0.29) is 46.6 Å². The van der Waals surface area contributed by atoms with Crippen molar-refractivity contribution in [2.24, 2.45) is 0 Å². The zero-order valence-electron chi connectivity index (χ0n) is 35.8. The third kappa shape index (κ3) is 7.30. The molecule has 10 heteroatoms. The second kappa shape index (κ2) is 16.7. The zero-order valence-corrected chi connectivity index (χ0v) is 35.8. The average molecular weight is 871 g/mol. The lowest BCUT2D eigenvalue weighted by Gasteiger charge is -2.32. The Balaban J connectivity index is 0.000000166. The summed E-state index contributed by atoms with van der Waals surface area (Å²) >= 11 is 0. The standard InChI is InChI=1S/2C28H21NO4/c1-28(18-9-13-22(30)14-10-18,19-11-15-23(31)16-12-19)20-5-4-6-21(17-20)29-26(32)24-7-2-3-8-25(24)27(29)33;1-28(19-8-14-22(30)15-9-19,20-10-16-23(31)17-11-20)18-6-12-21(13-7-18)29-26(32)24-4-2-3-5-25(24)27(29)33/h2*2-17,30-31H,1H3. The second-order valence-electron chi connectivity index (χ2n) is 16.5. The van der Waals surface area contributed by atoms with Crippen LogP contribution < -0.4 is 9.80 Å². The van der Waals surface area contributed by atoms with Gasteiger partial charge in [-0.3, -0.25) is 19.2 Å². The molecule has 4 N–H and O–H groups in total. The summed E-state index contributed by atoms with van der Waals surface area (Å²) in [5.41, 5.74) is 6.79. The summed E-state index contributed by atoms with van der Waals surface area (Å²) < 4.78 is 0. The third-order valence-electron chi connectivity index (χ3n) is 12.8. The van der Waals surface area contributed by atoms with E-state index in [2.05, 4.69) is 6.92 Å². The van der Waals surface area contributed by atoms with Crippen molar-refractivity contribution >= 4 is 35.0 Å². The predicted molar refractivity (Wildman–Crippen MR) is 252 cm³/mol. The molecule has 2 aliphatic rings. The molecule has 0 spiro atoms. The van der Waals surface area contributed by atoms with Crippen LogP contribution >= 0.6 is 0 Å². The molecule has 4 amide bonds. The van der Waals surface area contributed by atoms with Crippen LogP contribution in [0.4, 0.5) is 11.4 Å². The number of carbonyl (C=O) groups excluding carboxylic acids is 4. The van der Waals surface area contributed by atoms with Crippen molar-refractivity contribution in [1.29, 1.82) is 0 Å². The summed E-state index contributed by atoms with van der Waals surface area (Å²) in [7, 11) is 0. The molecule has 0 bridgehead atoms. The Morgan fingerprint density at radius 3 is 0.894 bits per heavy atom. The molecule has 10 nitrogen and oxygen atoms in total. The van der Waals surface area contributed by atoms with Crippen LogP contribution in [-0.2, 0) is 10.8 Å². The minimum absolute atomic E-state index is 0.159. The lowest BCUT2D eigenvalue weighted by molar-refractivity contribution is 0.0910. The summed E-state index contributed by atoms with van der Waals surface area (Å²) in [5.74, 6) is -0.683. The highest BCUT2D eigenvalue weighted by molar-refractivity contribution is 6.35. The number of phenols is 4. The van der Waals surface area contributed by atoms with Crippen molar-refractivity contribution in [3.63, 3.8) is 0 Å². The summed E-state index contributed by atoms with van der Waals surface area (Å²) in [6.07, 6.45) is 0. The predicted octanol–water partition coefficient (Wildman–Crippen LogP) is 10.5. The Morgan fingerprint density at radius 2 is 0.576 bits per heavy atom. The summed E-state index contributed by atoms with van der Waals surface area (Å²) in [4.78, 5) is 54.2. The van der Waals surface area contributed by atoms with Crippen molar-refractivity contribution < 1.29 is 39.6 Å². The maximum atomic E-state index is 13.0. The van der Waals surface area contributed by atoms with Gasteiger partial charge in [-0.1, -0.05) is 97.1 Å². The number of nitrogens with zero attached hydrogens (tertiary/aromatic N) is 2. The van der Waals surface area contributed by atoms with Crippen LogP contribution in [0.5, 0.6) is 23.0 Å². The highest BCUT2D eigenvalue weighted by atomic mass is 16.3. The molecule has 324 valence electrons. The van der Waals surface area contributed by atoms with Crippen molar-refractivity contribution in [2.75, 3.05) is 9.80 Å². The van der Waals surface area contributed by atoms with E-state index in [1.54, 1.807) is 115 Å². The number of aromatic hydroxyl groups is 4. The zero-order chi connectivity index (χ0) is 46.3. The van der Waals surface area contributed by atoms with Gasteiger partial charge < -0.3 is 20.4 Å². The van der Waals surface area contributed by atoms with Crippen molar-refractivity contribution in [3.05, 3.63) is 250 Å². The van der Waals surface area contributed by atoms with Gasteiger partial charge in [0.05, 0.1) is 33.6 Å². The second-order valence-corrected chi connectivity index (χ2v) is 16.5. The van der Waals surface area contributed by atoms with Crippen molar-refractivity contribution in [1.82, 2.24) is 0 Å². The molecular weight excluding hydrogens is 829 g/mol. The number of hydrogen-bond acceptors (Lipinski definition) is 8. The van der Waals surface area contributed by atoms with E-state index in [4.69, 9.17) is 0 Å². The van der Waals surface area contributed by atoms with Crippen LogP contribution in [0, 0.1) is 0 Å². The molecule has 2 aliphatic heterocycles. The third-order valence-corrected chi connectivity index (χ3v) is 12.8. The summed E-state index contributed by atoms with van der Waals surface area (Å²) in [6.45, 7) is 4.09. The Morgan fingerprint density at radius 1 is 0.303 bits per heavy atom. The molecule has 66 heavy (non-hydrogen) atoms. The molecule has 0 aliphatic carbocycles. The van der Waals surface area contributed by atoms with Gasteiger partial charge in [-0.15, -0.1) is 0 Å². The van der Waals surface area contributed by atoms with E-state index >= 15 is 0 Å². The molecule has 0 fully saturated rings. The number of imide groups is 2. The van der Waals surface area contributed by atoms with Gasteiger partial charge in [0.25, 0.3) is 23.6 Å². The molecule has 0 atom stereocenters. The number of amides is 4. The Hall–Kier alpha value is -8.76. The van der Waals surface area contributed by atoms with Crippen LogP contribution in [0.1, 0.15) is 88.7 Å². The van der Waals surface area contributed by atoms with Gasteiger partial charge in [0.15, 0.2) is 0 Å². The Kier molecular flexibility index (Phi) is 10.8. The fraction of sp³-hybridized carbons (Fsp3) is 0.0714. The van der Waals surface area contributed by atoms with Crippen molar-refractivity contribution in [2.45, 2.75) is 24.7 Å². The lowest BCUT2D eigenvalue weighted by atomic mass is 9.71. The quantitative estimate of drug-likeness (QED) is 0.0869. The van der Waals surface area contributed by atoms with E-state index < -0.39 is 10.8 Å².